The summed E-state index contributed by atoms with van der Waals surface area (Å²) in [5, 5.41) is 26.4. The van der Waals surface area contributed by atoms with Crippen molar-refractivity contribution in [3.05, 3.63) is 71.4 Å². The van der Waals surface area contributed by atoms with E-state index in [9.17, 15) is 57.9 Å². The minimum atomic E-state index is -5.59. The molecule has 0 radical (unpaired) electrons. The average molecular weight is 1050 g/mol. The maximum atomic E-state index is 12.8. The molecular weight excluding hydrogens is 987 g/mol. The SMILES string of the molecule is CC1=C(/C=C/C(C)=C/C=C/C(C)=C/C(=O)SCCNC(=O)CCNC(=O)C(O)C(C)(C)COP(=O)(O)OP(=O)(O)OC[C@H]2O[C@@H](n3cnc4c(N)ncnc43)[C@H](O)[C@@H]2OP(=O)(O)O)C(C)(C)CCC1. The quantitative estimate of drug-likeness (QED) is 0.0308. The number of nitrogens with one attached hydrogen (secondary N) is 2. The van der Waals surface area contributed by atoms with E-state index in [4.69, 9.17) is 19.5 Å². The first-order chi connectivity index (χ1) is 32.0. The van der Waals surface area contributed by atoms with Crippen LogP contribution in [-0.2, 0) is 50.7 Å². The number of imidazole rings is 1. The van der Waals surface area contributed by atoms with E-state index in [0.717, 1.165) is 53.0 Å². The van der Waals surface area contributed by atoms with Gasteiger partial charge in [-0.15, -0.1) is 0 Å². The fraction of sp³-hybridized carbons (Fsp3) is 0.561. The molecule has 2 aliphatic rings. The van der Waals surface area contributed by atoms with Crippen LogP contribution in [0.5, 0.6) is 0 Å². The number of fused-ring (bicyclic) bond motifs is 1. The number of phosphoric acid groups is 3. The first kappa shape index (κ1) is 57.8. The van der Waals surface area contributed by atoms with Crippen molar-refractivity contribution in [1.82, 2.24) is 30.2 Å². The molecule has 1 aliphatic heterocycles. The van der Waals surface area contributed by atoms with Gasteiger partial charge in [0.2, 0.25) is 16.9 Å². The average Bonchev–Trinajstić information content (AvgIpc) is 3.80. The van der Waals surface area contributed by atoms with E-state index in [1.54, 1.807) is 0 Å². The number of aromatic nitrogens is 4. The topological polar surface area (TPSA) is 364 Å². The number of hydrogen-bond acceptors (Lipinski definition) is 18. The van der Waals surface area contributed by atoms with Gasteiger partial charge in [0, 0.05) is 30.7 Å². The van der Waals surface area contributed by atoms with Crippen LogP contribution >= 0.6 is 35.2 Å². The van der Waals surface area contributed by atoms with E-state index in [0.29, 0.717) is 0 Å². The molecular formula is C41H62N7O17P3S. The van der Waals surface area contributed by atoms with Crippen LogP contribution in [0.4, 0.5) is 5.82 Å². The molecule has 0 bridgehead atoms. The lowest BCUT2D eigenvalue weighted by molar-refractivity contribution is -0.137. The molecule has 3 unspecified atom stereocenters. The number of nitrogen functional groups attached to an aromatic ring is 1. The molecule has 24 nitrogen and oxygen atoms in total. The molecule has 0 saturated carbocycles. The Labute approximate surface area is 403 Å². The zero-order valence-electron chi connectivity index (χ0n) is 39.2. The second-order valence-electron chi connectivity index (χ2n) is 17.7. The second-order valence-corrected chi connectivity index (χ2v) is 23.0. The number of aliphatic hydroxyl groups excluding tert-OH is 2. The zero-order chi connectivity index (χ0) is 51.5. The van der Waals surface area contributed by atoms with E-state index in [-0.39, 0.29) is 52.8 Å². The molecule has 69 heavy (non-hydrogen) atoms. The third-order valence-corrected chi connectivity index (χ3v) is 14.8. The molecule has 2 aromatic heterocycles. The van der Waals surface area contributed by atoms with E-state index in [1.807, 2.05) is 32.1 Å². The summed E-state index contributed by atoms with van der Waals surface area (Å²) in [6.45, 7) is 11.0. The predicted octanol–water partition coefficient (Wildman–Crippen LogP) is 4.20. The van der Waals surface area contributed by atoms with Crippen LogP contribution in [0.2, 0.25) is 0 Å². The second kappa shape index (κ2) is 24.6. The lowest BCUT2D eigenvalue weighted by Gasteiger charge is -2.32. The molecule has 4 rings (SSSR count). The highest BCUT2D eigenvalue weighted by molar-refractivity contribution is 8.14. The minimum Gasteiger partial charge on any atom is -0.386 e. The van der Waals surface area contributed by atoms with Crippen molar-refractivity contribution >= 4 is 69.1 Å². The third-order valence-electron chi connectivity index (χ3n) is 10.9. The Morgan fingerprint density at radius 1 is 1.04 bits per heavy atom. The molecule has 2 aromatic rings. The Kier molecular flexibility index (Phi) is 20.6. The van der Waals surface area contributed by atoms with Crippen LogP contribution < -0.4 is 16.4 Å². The molecule has 1 aliphatic carbocycles. The number of allylic oxidation sites excluding steroid dienone is 9. The normalized spacial score (nSPS) is 22.8. The molecule has 3 heterocycles. The Bertz CT molecular complexity index is 2490. The fourth-order valence-electron chi connectivity index (χ4n) is 7.19. The van der Waals surface area contributed by atoms with Gasteiger partial charge in [0.05, 0.1) is 19.5 Å². The summed E-state index contributed by atoms with van der Waals surface area (Å²) in [5.41, 5.74) is 9.06. The van der Waals surface area contributed by atoms with Gasteiger partial charge in [-0.05, 0) is 62.7 Å². The zero-order valence-corrected chi connectivity index (χ0v) is 42.7. The molecule has 1 saturated heterocycles. The third kappa shape index (κ3) is 17.8. The standard InChI is InChI=1S/C41H62N7O17P3S/c1-25(13-14-28-27(3)12-9-16-40(28,4)5)10-8-11-26(2)20-31(50)69-19-18-43-30(49)15-17-44-38(53)35(52)41(6,7)22-62-68(59,60)65-67(57,58)61-21-29-34(64-66(54,55)56)33(51)39(63-29)48-24-47-32-36(42)45-23-46-37(32)48/h8,10-11,13-14,20,23-24,29,33-35,39,51-52H,9,12,15-19,21-22H2,1-7H3,(H,43,49)(H,44,53)(H,57,58)(H,59,60)(H2,42,45,46)(H2,54,55,56)/b11-8+,14-13+,25-10+,26-20+/t29-,33-,34-,35?,39-/m1/s1. The Morgan fingerprint density at radius 2 is 1.74 bits per heavy atom. The van der Waals surface area contributed by atoms with Crippen molar-refractivity contribution in [3.63, 3.8) is 0 Å². The molecule has 2 amide bonds. The number of amides is 2. The van der Waals surface area contributed by atoms with Crippen molar-refractivity contribution < 1.29 is 80.5 Å². The molecule has 28 heteroatoms. The monoisotopic (exact) mass is 1050 g/mol. The Balaban J connectivity index is 1.16. The summed E-state index contributed by atoms with van der Waals surface area (Å²) in [5.74, 6) is -1.20. The summed E-state index contributed by atoms with van der Waals surface area (Å²) in [6.07, 6.45) is 8.03. The molecule has 1 fully saturated rings. The molecule has 0 spiro atoms. The number of ether oxygens (including phenoxy) is 1. The molecule has 384 valence electrons. The van der Waals surface area contributed by atoms with Crippen molar-refractivity contribution in [1.29, 1.82) is 0 Å². The van der Waals surface area contributed by atoms with E-state index < -0.39 is 84.6 Å². The number of anilines is 1. The van der Waals surface area contributed by atoms with Crippen LogP contribution in [0, 0.1) is 10.8 Å². The van der Waals surface area contributed by atoms with Crippen molar-refractivity contribution in [3.8, 4) is 0 Å². The largest absolute Gasteiger partial charge is 0.481 e. The van der Waals surface area contributed by atoms with Crippen LogP contribution in [0.1, 0.15) is 80.4 Å². The van der Waals surface area contributed by atoms with Crippen molar-refractivity contribution in [2.45, 2.75) is 105 Å². The number of nitrogens with zero attached hydrogens (tertiary/aromatic N) is 4. The maximum Gasteiger partial charge on any atom is 0.481 e. The summed E-state index contributed by atoms with van der Waals surface area (Å²) in [4.78, 5) is 88.7. The fourth-order valence-corrected chi connectivity index (χ4v) is 10.7. The van der Waals surface area contributed by atoms with Crippen molar-refractivity contribution in [2.24, 2.45) is 10.8 Å². The van der Waals surface area contributed by atoms with E-state index >= 15 is 0 Å². The van der Waals surface area contributed by atoms with E-state index in [2.05, 4.69) is 67.3 Å². The number of nitrogens with two attached hydrogens (primary N) is 1. The first-order valence-corrected chi connectivity index (χ1v) is 27.0. The number of aliphatic hydroxyl groups is 2. The number of phosphoric ester groups is 3. The van der Waals surface area contributed by atoms with Crippen LogP contribution in [-0.4, -0.2) is 123 Å². The molecule has 10 N–H and O–H groups in total. The highest BCUT2D eigenvalue weighted by Crippen LogP contribution is 2.61. The predicted molar refractivity (Wildman–Crippen MR) is 253 cm³/mol. The Morgan fingerprint density at radius 3 is 2.42 bits per heavy atom. The van der Waals surface area contributed by atoms with Gasteiger partial charge in [-0.2, -0.15) is 4.31 Å². The van der Waals surface area contributed by atoms with Crippen LogP contribution in [0.25, 0.3) is 11.2 Å². The number of thioether (sulfide) groups is 1. The first-order valence-electron chi connectivity index (χ1n) is 21.5. The van der Waals surface area contributed by atoms with Gasteiger partial charge in [-0.1, -0.05) is 81.0 Å². The summed E-state index contributed by atoms with van der Waals surface area (Å²) >= 11 is 1.02. The van der Waals surface area contributed by atoms with Gasteiger partial charge < -0.3 is 50.9 Å². The minimum absolute atomic E-state index is 0.0282. The lowest BCUT2D eigenvalue weighted by Crippen LogP contribution is -2.46. The maximum absolute atomic E-state index is 12.8. The number of carbonyl (C=O) groups is 3. The van der Waals surface area contributed by atoms with E-state index in [1.165, 1.54) is 37.5 Å². The summed E-state index contributed by atoms with van der Waals surface area (Å²) < 4.78 is 62.5. The summed E-state index contributed by atoms with van der Waals surface area (Å²) in [6, 6.07) is 0. The van der Waals surface area contributed by atoms with Gasteiger partial charge in [-0.25, -0.2) is 28.6 Å². The van der Waals surface area contributed by atoms with Crippen LogP contribution in [0.3, 0.4) is 0 Å². The molecule has 7 atom stereocenters. The van der Waals surface area contributed by atoms with Gasteiger partial charge in [0.1, 0.15) is 36.3 Å². The number of carbonyl (C=O) groups excluding carboxylic acids is 3. The van der Waals surface area contributed by atoms with Gasteiger partial charge in [-0.3, -0.25) is 32.5 Å². The highest BCUT2D eigenvalue weighted by Gasteiger charge is 2.50. The number of hydrogen-bond donors (Lipinski definition) is 9. The summed E-state index contributed by atoms with van der Waals surface area (Å²) in [7, 11) is -16.4. The van der Waals surface area contributed by atoms with Gasteiger partial charge in [0.25, 0.3) is 0 Å². The smallest absolute Gasteiger partial charge is 0.386 e. The van der Waals surface area contributed by atoms with Gasteiger partial charge in [0.15, 0.2) is 17.7 Å². The number of rotatable bonds is 24. The highest BCUT2D eigenvalue weighted by atomic mass is 32.2. The van der Waals surface area contributed by atoms with Crippen LogP contribution in [0.15, 0.2) is 71.4 Å². The Hall–Kier alpha value is -3.74. The lowest BCUT2D eigenvalue weighted by atomic mass is 9.72. The molecule has 0 aromatic carbocycles. The van der Waals surface area contributed by atoms with Crippen molar-refractivity contribution in [2.75, 3.05) is 37.8 Å². The van der Waals surface area contributed by atoms with Gasteiger partial charge >= 0.3 is 23.5 Å².